The zero-order valence-electron chi connectivity index (χ0n) is 28.5. The van der Waals surface area contributed by atoms with Gasteiger partial charge in [-0.05, 0) is 92.6 Å². The largest absolute Gasteiger partial charge is 0.507 e. The second-order valence-corrected chi connectivity index (χ2v) is 7.59. The number of benzene rings is 3. The van der Waals surface area contributed by atoms with Crippen molar-refractivity contribution < 1.29 is 29.7 Å². The molecule has 0 amide bonds. The highest BCUT2D eigenvalue weighted by Gasteiger charge is 2.23. The molecule has 0 saturated carbocycles. The molecule has 0 radical (unpaired) electrons. The van der Waals surface area contributed by atoms with Crippen molar-refractivity contribution in [2.45, 2.75) is 34.6 Å². The molecule has 0 aliphatic heterocycles. The summed E-state index contributed by atoms with van der Waals surface area (Å²) in [4.78, 5) is 16.8. The van der Waals surface area contributed by atoms with Crippen LogP contribution in [-0.2, 0) is 0 Å². The molecule has 0 aliphatic carbocycles. The van der Waals surface area contributed by atoms with E-state index in [9.17, 15) is 4.79 Å². The van der Waals surface area contributed by atoms with Gasteiger partial charge in [-0.1, -0.05) is 12.1 Å². The summed E-state index contributed by atoms with van der Waals surface area (Å²) in [5.74, 6) is -2.31. The van der Waals surface area contributed by atoms with Crippen molar-refractivity contribution in [1.29, 1.82) is 4.29 Å². The van der Waals surface area contributed by atoms with E-state index < -0.39 is 47.5 Å². The van der Waals surface area contributed by atoms with Crippen LogP contribution in [0.1, 0.15) is 47.8 Å². The van der Waals surface area contributed by atoms with E-state index in [1.807, 2.05) is 0 Å². The molecule has 4 rings (SSSR count). The van der Waals surface area contributed by atoms with Crippen molar-refractivity contribution in [2.24, 2.45) is 0 Å². The number of nitrogens with zero attached hydrogens (tertiary/aromatic N) is 3. The average molecular weight is 454 g/mol. The SMILES string of the molecule is [2H]OC(=O)c1c([2H])c([2H])c(-n2nc(-c3c(C)c([2H])c([2H])c([2H])c3O[2H])nc2-c2c(C)c(C)c(C)c([2H])c2O[2H])c([2H])c1C. The van der Waals surface area contributed by atoms with Gasteiger partial charge in [0.05, 0.1) is 32.0 Å². The fourth-order valence-electron chi connectivity index (χ4n) is 3.51. The van der Waals surface area contributed by atoms with Crippen LogP contribution in [0, 0.1) is 34.6 Å². The van der Waals surface area contributed by atoms with Crippen LogP contribution >= 0.6 is 0 Å². The van der Waals surface area contributed by atoms with Crippen LogP contribution < -0.4 is 0 Å². The van der Waals surface area contributed by atoms with Crippen LogP contribution in [0.15, 0.2) is 42.3 Å². The fraction of sp³-hybridized carbons (Fsp3) is 0.192. The van der Waals surface area contributed by atoms with Gasteiger partial charge in [-0.15, -0.1) is 5.10 Å². The summed E-state index contributed by atoms with van der Waals surface area (Å²) < 4.78 is 82.6. The first-order valence-electron chi connectivity index (χ1n) is 14.6. The molecule has 3 aromatic carbocycles. The minimum Gasteiger partial charge on any atom is -0.507 e. The topological polar surface area (TPSA) is 108 Å². The first-order chi connectivity index (χ1) is 20.2. The molecule has 1 aromatic heterocycles. The molecule has 33 heavy (non-hydrogen) atoms. The Hall–Kier alpha value is -4.13. The zero-order chi connectivity index (χ0) is 32.2. The van der Waals surface area contributed by atoms with Gasteiger partial charge in [0.15, 0.2) is 11.6 Å². The number of carboxylic acid groups (broad SMARTS) is 1. The normalized spacial score (nSPS) is 14.9. The van der Waals surface area contributed by atoms with Gasteiger partial charge in [-0.2, -0.15) is 0 Å². The van der Waals surface area contributed by atoms with E-state index in [1.165, 1.54) is 13.8 Å². The van der Waals surface area contributed by atoms with Gasteiger partial charge in [-0.25, -0.2) is 14.5 Å². The van der Waals surface area contributed by atoms with Crippen molar-refractivity contribution in [3.63, 3.8) is 0 Å². The Morgan fingerprint density at radius 1 is 0.909 bits per heavy atom. The molecule has 0 saturated heterocycles. The molecule has 3 N–H and O–H groups in total. The number of hydrogen-bond acceptors (Lipinski definition) is 6. The number of phenolic OH excluding ortho intramolecular Hbond substituents is 2. The molecule has 7 heteroatoms. The predicted molar refractivity (Wildman–Crippen MR) is 126 cm³/mol. The Morgan fingerprint density at radius 3 is 2.42 bits per heavy atom. The van der Waals surface area contributed by atoms with Crippen molar-refractivity contribution in [1.82, 2.24) is 14.8 Å². The van der Waals surface area contributed by atoms with Gasteiger partial charge in [0.1, 0.15) is 11.5 Å². The van der Waals surface area contributed by atoms with Crippen LogP contribution in [0.4, 0.5) is 0 Å². The number of aromatic carboxylic acids is 1. The number of hydrogen-bond donors (Lipinski definition) is 3. The number of aromatic hydroxyl groups is 2. The van der Waals surface area contributed by atoms with Crippen LogP contribution in [0.2, 0.25) is 0 Å². The van der Waals surface area contributed by atoms with Gasteiger partial charge < -0.3 is 15.3 Å². The third kappa shape index (κ3) is 3.71. The molecular weight excluding hydrogens is 418 g/mol. The summed E-state index contributed by atoms with van der Waals surface area (Å²) in [6, 6.07) is -3.33. The maximum Gasteiger partial charge on any atom is 0.335 e. The van der Waals surface area contributed by atoms with Crippen LogP contribution in [-0.4, -0.2) is 38.9 Å². The van der Waals surface area contributed by atoms with Crippen LogP contribution in [0.3, 0.4) is 0 Å². The minimum absolute atomic E-state index is 0.0831. The van der Waals surface area contributed by atoms with Gasteiger partial charge in [-0.3, -0.25) is 0 Å². The summed E-state index contributed by atoms with van der Waals surface area (Å²) in [5, 5.41) is 18.0. The minimum atomic E-state index is -1.24. The van der Waals surface area contributed by atoms with Gasteiger partial charge in [0, 0.05) is 0 Å². The highest BCUT2D eigenvalue weighted by Crippen LogP contribution is 2.38. The molecule has 7 nitrogen and oxygen atoms in total. The van der Waals surface area contributed by atoms with Crippen LogP contribution in [0.5, 0.6) is 11.5 Å². The molecule has 0 bridgehead atoms. The number of rotatable bonds is 6. The second-order valence-electron chi connectivity index (χ2n) is 7.59. The Morgan fingerprint density at radius 2 is 1.70 bits per heavy atom. The fourth-order valence-corrected chi connectivity index (χ4v) is 3.51. The summed E-state index contributed by atoms with van der Waals surface area (Å²) >= 11 is 0. The van der Waals surface area contributed by atoms with E-state index in [0.29, 0.717) is 16.7 Å². The molecule has 0 spiro atoms. The third-order valence-corrected chi connectivity index (χ3v) is 5.51. The maximum absolute atomic E-state index is 12.2. The lowest BCUT2D eigenvalue weighted by Crippen LogP contribution is -2.05. The number of aromatic nitrogens is 3. The molecular formula is C26H25N3O4. The van der Waals surface area contributed by atoms with Gasteiger partial charge in [0.25, 0.3) is 4.29 Å². The Balaban J connectivity index is 2.26. The quantitative estimate of drug-likeness (QED) is 0.368. The number of phenols is 2. The highest BCUT2D eigenvalue weighted by atomic mass is 16.4. The molecule has 168 valence electrons. The smallest absolute Gasteiger partial charge is 0.335 e. The predicted octanol–water partition coefficient (Wildman–Crippen LogP) is 5.25. The Bertz CT molecular complexity index is 1810. The van der Waals surface area contributed by atoms with Crippen molar-refractivity contribution in [2.75, 3.05) is 0 Å². The molecule has 0 fully saturated rings. The lowest BCUT2D eigenvalue weighted by Gasteiger charge is -2.14. The first-order valence-corrected chi connectivity index (χ1v) is 9.88. The van der Waals surface area contributed by atoms with E-state index in [-0.39, 0.29) is 57.4 Å². The van der Waals surface area contributed by atoms with Crippen LogP contribution in [0.25, 0.3) is 29.9 Å². The summed E-state index contributed by atoms with van der Waals surface area (Å²) in [6.45, 7) is 7.86. The van der Waals surface area contributed by atoms with E-state index in [1.54, 1.807) is 20.8 Å². The van der Waals surface area contributed by atoms with Crippen molar-refractivity contribution >= 4 is 5.97 Å². The maximum atomic E-state index is 12.2. The standard InChI is InChI=1S/C26H25N3O4/c1-13-7-6-8-20(30)22(13)24-27-25(23-17(5)16(4)14(2)12-21(23)31)29(28-24)18-9-10-19(26(32)33)15(3)11-18/h6-12,30-31H,1-5H3,(H,32,33)/i6D,7D,8D,9D,10D,11D,12D/hD3. The average Bonchev–Trinajstić information content (AvgIpc) is 3.40. The molecule has 0 unspecified atom stereocenters. The lowest BCUT2D eigenvalue weighted by molar-refractivity contribution is 0.0696. The third-order valence-electron chi connectivity index (χ3n) is 5.51. The zero-order valence-corrected chi connectivity index (χ0v) is 18.5. The molecule has 1 heterocycles. The van der Waals surface area contributed by atoms with Gasteiger partial charge in [0.2, 0.25) is 0 Å². The monoisotopic (exact) mass is 453 g/mol. The second kappa shape index (κ2) is 8.09. The summed E-state index contributed by atoms with van der Waals surface area (Å²) in [5.41, 5.74) is 0.837. The van der Waals surface area contributed by atoms with E-state index in [2.05, 4.69) is 20.3 Å². The van der Waals surface area contributed by atoms with Gasteiger partial charge >= 0.3 is 5.97 Å². The first kappa shape index (κ1) is 12.8. The Labute approximate surface area is 205 Å². The molecule has 0 aliphatic rings. The number of carbonyl (C=O) groups is 1. The Kier molecular flexibility index (Phi) is 3.14. The van der Waals surface area contributed by atoms with E-state index in [0.717, 1.165) is 4.68 Å². The highest BCUT2D eigenvalue weighted by molar-refractivity contribution is 5.89. The molecule has 0 atom stereocenters. The summed E-state index contributed by atoms with van der Waals surface area (Å²) in [7, 11) is 0. The lowest BCUT2D eigenvalue weighted by atomic mass is 9.97. The molecule has 4 aromatic rings. The van der Waals surface area contributed by atoms with E-state index >= 15 is 0 Å². The van der Waals surface area contributed by atoms with E-state index in [4.69, 9.17) is 19.0 Å². The van der Waals surface area contributed by atoms with Crippen molar-refractivity contribution in [3.8, 4) is 40.0 Å². The summed E-state index contributed by atoms with van der Waals surface area (Å²) in [6.07, 6.45) is 0. The van der Waals surface area contributed by atoms with Crippen molar-refractivity contribution in [3.05, 3.63) is 75.7 Å². The number of carboxylic acids is 1.